The van der Waals surface area contributed by atoms with Crippen LogP contribution in [0, 0.1) is 6.92 Å². The van der Waals surface area contributed by atoms with E-state index >= 15 is 0 Å². The Morgan fingerprint density at radius 1 is 1.17 bits per heavy atom. The molecule has 0 saturated carbocycles. The molecule has 1 amide bonds. The lowest BCUT2D eigenvalue weighted by Crippen LogP contribution is -2.36. The number of amides is 1. The number of hydrogen-bond donors (Lipinski definition) is 1. The number of aromatic amines is 1. The molecule has 6 nitrogen and oxygen atoms in total. The molecule has 2 aromatic carbocycles. The maximum absolute atomic E-state index is 13.4. The van der Waals surface area contributed by atoms with Crippen molar-refractivity contribution in [2.24, 2.45) is 0 Å². The average molecular weight is 403 g/mol. The standard InChI is InChI=1S/C24H25N3O3/c1-15-5-7-17(8-6-15)23-20-21(16-9-11-18(29-2)12-10-16)25-26-22(20)24(28)27(23)14-19-4-3-13-30-19/h5-12,19,23H,3-4,13-14H2,1-2H3,(H,25,26). The number of nitrogens with one attached hydrogen (secondary N) is 1. The van der Waals surface area contributed by atoms with Gasteiger partial charge < -0.3 is 14.4 Å². The topological polar surface area (TPSA) is 67.4 Å². The van der Waals surface area contributed by atoms with Crippen molar-refractivity contribution in [2.45, 2.75) is 31.9 Å². The van der Waals surface area contributed by atoms with Crippen molar-refractivity contribution in [1.29, 1.82) is 0 Å². The normalized spacial score (nSPS) is 20.6. The highest BCUT2D eigenvalue weighted by molar-refractivity contribution is 6.00. The summed E-state index contributed by atoms with van der Waals surface area (Å²) in [6.45, 7) is 3.42. The Bertz CT molecular complexity index is 1050. The molecule has 3 heterocycles. The van der Waals surface area contributed by atoms with E-state index in [1.54, 1.807) is 7.11 Å². The van der Waals surface area contributed by atoms with Crippen molar-refractivity contribution >= 4 is 5.91 Å². The van der Waals surface area contributed by atoms with Crippen molar-refractivity contribution in [2.75, 3.05) is 20.3 Å². The lowest BCUT2D eigenvalue weighted by atomic mass is 9.95. The zero-order valence-corrected chi connectivity index (χ0v) is 17.2. The van der Waals surface area contributed by atoms with Crippen molar-refractivity contribution < 1.29 is 14.3 Å². The van der Waals surface area contributed by atoms with E-state index in [4.69, 9.17) is 9.47 Å². The summed E-state index contributed by atoms with van der Waals surface area (Å²) in [6, 6.07) is 16.0. The first-order chi connectivity index (χ1) is 14.7. The third-order valence-corrected chi connectivity index (χ3v) is 6.04. The lowest BCUT2D eigenvalue weighted by molar-refractivity contribution is 0.0495. The molecule has 0 spiro atoms. The number of methoxy groups -OCH3 is 1. The number of nitrogens with zero attached hydrogens (tertiary/aromatic N) is 2. The van der Waals surface area contributed by atoms with Crippen LogP contribution in [0.5, 0.6) is 5.75 Å². The molecule has 0 radical (unpaired) electrons. The SMILES string of the molecule is COc1ccc(-c2n[nH]c3c2C(c2ccc(C)cc2)N(CC2CCCO2)C3=O)cc1. The van der Waals surface area contributed by atoms with E-state index in [1.807, 2.05) is 29.2 Å². The maximum Gasteiger partial charge on any atom is 0.273 e. The number of rotatable bonds is 5. The van der Waals surface area contributed by atoms with Crippen molar-refractivity contribution in [3.8, 4) is 17.0 Å². The number of hydrogen-bond acceptors (Lipinski definition) is 4. The largest absolute Gasteiger partial charge is 0.497 e. The summed E-state index contributed by atoms with van der Waals surface area (Å²) in [4.78, 5) is 15.3. The molecule has 2 atom stereocenters. The number of carbonyl (C=O) groups excluding carboxylic acids is 1. The van der Waals surface area contributed by atoms with Crippen LogP contribution in [0.4, 0.5) is 0 Å². The van der Waals surface area contributed by atoms with Crippen LogP contribution in [0.1, 0.15) is 46.1 Å². The summed E-state index contributed by atoms with van der Waals surface area (Å²) < 4.78 is 11.1. The van der Waals surface area contributed by atoms with Gasteiger partial charge in [0.15, 0.2) is 0 Å². The number of fused-ring (bicyclic) bond motifs is 1. The van der Waals surface area contributed by atoms with E-state index in [9.17, 15) is 4.79 Å². The maximum atomic E-state index is 13.4. The van der Waals surface area contributed by atoms with Gasteiger partial charge in [0.1, 0.15) is 11.4 Å². The fraction of sp³-hybridized carbons (Fsp3) is 0.333. The van der Waals surface area contributed by atoms with E-state index in [-0.39, 0.29) is 18.1 Å². The minimum absolute atomic E-state index is 0.0154. The second-order valence-electron chi connectivity index (χ2n) is 8.00. The van der Waals surface area contributed by atoms with Gasteiger partial charge in [-0.15, -0.1) is 0 Å². The van der Waals surface area contributed by atoms with E-state index in [0.29, 0.717) is 12.2 Å². The van der Waals surface area contributed by atoms with Crippen LogP contribution in [0.3, 0.4) is 0 Å². The Balaban J connectivity index is 1.59. The van der Waals surface area contributed by atoms with Crippen LogP contribution < -0.4 is 4.74 Å². The number of aromatic nitrogens is 2. The van der Waals surface area contributed by atoms with Gasteiger partial charge in [-0.1, -0.05) is 29.8 Å². The molecule has 2 unspecified atom stereocenters. The second-order valence-corrected chi connectivity index (χ2v) is 8.00. The molecule has 6 heteroatoms. The molecular weight excluding hydrogens is 378 g/mol. The highest BCUT2D eigenvalue weighted by atomic mass is 16.5. The van der Waals surface area contributed by atoms with Gasteiger partial charge in [-0.2, -0.15) is 5.10 Å². The summed E-state index contributed by atoms with van der Waals surface area (Å²) in [7, 11) is 1.65. The molecule has 1 fully saturated rings. The Morgan fingerprint density at radius 3 is 2.60 bits per heavy atom. The molecule has 2 aliphatic heterocycles. The third-order valence-electron chi connectivity index (χ3n) is 6.04. The van der Waals surface area contributed by atoms with E-state index in [0.717, 1.165) is 47.6 Å². The molecule has 0 bridgehead atoms. The molecule has 30 heavy (non-hydrogen) atoms. The zero-order valence-electron chi connectivity index (χ0n) is 17.2. The lowest BCUT2D eigenvalue weighted by Gasteiger charge is -2.28. The molecule has 1 aromatic heterocycles. The van der Waals surface area contributed by atoms with Crippen molar-refractivity contribution in [1.82, 2.24) is 15.1 Å². The first kappa shape index (κ1) is 18.9. The van der Waals surface area contributed by atoms with Gasteiger partial charge in [-0.05, 0) is 49.6 Å². The number of carbonyl (C=O) groups is 1. The van der Waals surface area contributed by atoms with E-state index in [2.05, 4.69) is 41.4 Å². The van der Waals surface area contributed by atoms with Crippen molar-refractivity contribution in [3.63, 3.8) is 0 Å². The summed E-state index contributed by atoms with van der Waals surface area (Å²) in [6.07, 6.45) is 2.12. The second kappa shape index (κ2) is 7.61. The van der Waals surface area contributed by atoms with Crippen LogP contribution in [0.15, 0.2) is 48.5 Å². The van der Waals surface area contributed by atoms with Gasteiger partial charge >= 0.3 is 0 Å². The molecule has 1 saturated heterocycles. The van der Waals surface area contributed by atoms with Crippen LogP contribution in [-0.2, 0) is 4.74 Å². The van der Waals surface area contributed by atoms with Crippen LogP contribution in [0.25, 0.3) is 11.3 Å². The first-order valence-corrected chi connectivity index (χ1v) is 10.4. The summed E-state index contributed by atoms with van der Waals surface area (Å²) >= 11 is 0. The number of aryl methyl sites for hydroxylation is 1. The summed E-state index contributed by atoms with van der Waals surface area (Å²) in [5.74, 6) is 0.774. The van der Waals surface area contributed by atoms with Crippen molar-refractivity contribution in [3.05, 3.63) is 70.9 Å². The van der Waals surface area contributed by atoms with Gasteiger partial charge in [0.2, 0.25) is 0 Å². The summed E-state index contributed by atoms with van der Waals surface area (Å²) in [5.41, 5.74) is 5.55. The predicted molar refractivity (Wildman–Crippen MR) is 114 cm³/mol. The van der Waals surface area contributed by atoms with Gasteiger partial charge in [-0.3, -0.25) is 9.89 Å². The highest BCUT2D eigenvalue weighted by Crippen LogP contribution is 2.43. The van der Waals surface area contributed by atoms with Gasteiger partial charge in [0, 0.05) is 24.3 Å². The Hall–Kier alpha value is -3.12. The molecule has 1 N–H and O–H groups in total. The fourth-order valence-corrected chi connectivity index (χ4v) is 4.46. The minimum Gasteiger partial charge on any atom is -0.497 e. The third kappa shape index (κ3) is 3.17. The average Bonchev–Trinajstić information content (AvgIpc) is 3.49. The van der Waals surface area contributed by atoms with Gasteiger partial charge in [-0.25, -0.2) is 0 Å². The van der Waals surface area contributed by atoms with Gasteiger partial charge in [0.25, 0.3) is 5.91 Å². The van der Waals surface area contributed by atoms with Crippen LogP contribution >= 0.6 is 0 Å². The summed E-state index contributed by atoms with van der Waals surface area (Å²) in [5, 5.41) is 7.54. The molecule has 3 aromatic rings. The Kier molecular flexibility index (Phi) is 4.79. The molecule has 2 aliphatic rings. The number of benzene rings is 2. The smallest absolute Gasteiger partial charge is 0.273 e. The first-order valence-electron chi connectivity index (χ1n) is 10.4. The highest BCUT2D eigenvalue weighted by Gasteiger charge is 2.43. The predicted octanol–water partition coefficient (Wildman–Crippen LogP) is 4.12. The quantitative estimate of drug-likeness (QED) is 0.696. The van der Waals surface area contributed by atoms with E-state index in [1.165, 1.54) is 5.56 Å². The molecule has 5 rings (SSSR count). The van der Waals surface area contributed by atoms with Crippen LogP contribution in [-0.4, -0.2) is 47.4 Å². The Morgan fingerprint density at radius 2 is 1.93 bits per heavy atom. The molecule has 154 valence electrons. The monoisotopic (exact) mass is 403 g/mol. The van der Waals surface area contributed by atoms with Gasteiger partial charge in [0.05, 0.1) is 24.9 Å². The molecular formula is C24H25N3O3. The number of H-pyrrole nitrogens is 1. The van der Waals surface area contributed by atoms with Crippen LogP contribution in [0.2, 0.25) is 0 Å². The molecule has 0 aliphatic carbocycles. The fourth-order valence-electron chi connectivity index (χ4n) is 4.46. The van der Waals surface area contributed by atoms with E-state index < -0.39 is 0 Å². The Labute approximate surface area is 175 Å². The number of ether oxygens (including phenoxy) is 2. The minimum atomic E-state index is -0.187. The zero-order chi connectivity index (χ0) is 20.7.